The summed E-state index contributed by atoms with van der Waals surface area (Å²) in [6.07, 6.45) is 7.49. The zero-order chi connectivity index (χ0) is 46.4. The first kappa shape index (κ1) is 45.1. The number of anilines is 1. The molecule has 16 nitrogen and oxygen atoms in total. The summed E-state index contributed by atoms with van der Waals surface area (Å²) in [6, 6.07) is 13.3. The highest BCUT2D eigenvalue weighted by Crippen LogP contribution is 2.35. The number of benzene rings is 2. The van der Waals surface area contributed by atoms with Gasteiger partial charge in [-0.2, -0.15) is 5.10 Å². The van der Waals surface area contributed by atoms with Crippen LogP contribution in [0.3, 0.4) is 0 Å². The summed E-state index contributed by atoms with van der Waals surface area (Å²) in [4.78, 5) is 94.0. The summed E-state index contributed by atoms with van der Waals surface area (Å²) in [5, 5.41) is 10.7. The van der Waals surface area contributed by atoms with Crippen LogP contribution >= 0.6 is 15.9 Å². The van der Waals surface area contributed by atoms with Crippen molar-refractivity contribution in [1.82, 2.24) is 45.1 Å². The van der Waals surface area contributed by atoms with Crippen molar-refractivity contribution in [3.63, 3.8) is 0 Å². The van der Waals surface area contributed by atoms with Gasteiger partial charge in [0, 0.05) is 90.6 Å². The largest absolute Gasteiger partial charge is 0.354 e. The second-order valence-electron chi connectivity index (χ2n) is 18.2. The van der Waals surface area contributed by atoms with E-state index in [9.17, 15) is 28.8 Å². The maximum absolute atomic E-state index is 13.9. The smallest absolute Gasteiger partial charge is 0.263 e. The Morgan fingerprint density at radius 3 is 2.38 bits per heavy atom. The third-order valence-corrected chi connectivity index (χ3v) is 14.1. The van der Waals surface area contributed by atoms with E-state index in [-0.39, 0.29) is 48.0 Å². The van der Waals surface area contributed by atoms with Gasteiger partial charge in [0.25, 0.3) is 23.3 Å². The highest BCUT2D eigenvalue weighted by molar-refractivity contribution is 9.10. The molecule has 5 aromatic rings. The van der Waals surface area contributed by atoms with E-state index in [2.05, 4.69) is 90.3 Å². The number of rotatable bonds is 12. The molecule has 2 aromatic carbocycles. The molecule has 1 unspecified atom stereocenters. The first-order chi connectivity index (χ1) is 31.8. The second-order valence-corrected chi connectivity index (χ2v) is 19.1. The standard InChI is InChI=1S/C49H55BrN10O6/c1-5-6-31-19-29(4)54-46(63)37(31)25-52-45(62)35-22-33(23-41-38(35)26-53-60(41)28(2)3)32-7-9-42(51-24-32)58-17-15-57(16-18-58)34-11-13-56(14-12-34)27-30-20-36-44(39(50)21-30)49(66)59(48(36)65)40-8-10-43(61)55-47(40)64/h7,9,19-24,26,28,34,40H,5-6,8,10-18,25,27H2,1-4H3,(H,52,62)(H,54,63)(H,55,61,64). The molecule has 0 aliphatic carbocycles. The van der Waals surface area contributed by atoms with Crippen LogP contribution in [-0.4, -0.2) is 115 Å². The van der Waals surface area contributed by atoms with E-state index in [1.165, 1.54) is 0 Å². The van der Waals surface area contributed by atoms with E-state index in [1.807, 2.05) is 36.0 Å². The molecule has 0 bridgehead atoms. The van der Waals surface area contributed by atoms with Crippen LogP contribution in [0, 0.1) is 6.92 Å². The molecule has 4 aliphatic rings. The number of aryl methyl sites for hydroxylation is 2. The molecule has 344 valence electrons. The van der Waals surface area contributed by atoms with Gasteiger partial charge in [0.1, 0.15) is 11.9 Å². The van der Waals surface area contributed by atoms with Crippen LogP contribution in [0.25, 0.3) is 22.0 Å². The Morgan fingerprint density at radius 1 is 0.909 bits per heavy atom. The molecule has 0 spiro atoms. The number of nitrogens with zero attached hydrogens (tertiary/aromatic N) is 7. The van der Waals surface area contributed by atoms with Gasteiger partial charge in [-0.15, -0.1) is 0 Å². The van der Waals surface area contributed by atoms with E-state index in [0.717, 1.165) is 115 Å². The third kappa shape index (κ3) is 8.83. The van der Waals surface area contributed by atoms with Crippen molar-refractivity contribution in [2.75, 3.05) is 44.2 Å². The lowest BCUT2D eigenvalue weighted by atomic mass is 10.00. The van der Waals surface area contributed by atoms with Gasteiger partial charge in [-0.1, -0.05) is 13.3 Å². The normalized spacial score (nSPS) is 18.7. The van der Waals surface area contributed by atoms with Crippen LogP contribution in [0.15, 0.2) is 64.1 Å². The molecular weight excluding hydrogens is 905 g/mol. The fourth-order valence-corrected chi connectivity index (χ4v) is 10.8. The van der Waals surface area contributed by atoms with Gasteiger partial charge in [-0.25, -0.2) is 4.98 Å². The molecule has 0 radical (unpaired) electrons. The number of likely N-dealkylation sites (tertiary alicyclic amines) is 1. The van der Waals surface area contributed by atoms with Crippen molar-refractivity contribution in [3.05, 3.63) is 109 Å². The minimum absolute atomic E-state index is 0.0753. The van der Waals surface area contributed by atoms with Crippen molar-refractivity contribution in [2.24, 2.45) is 0 Å². The number of pyridine rings is 2. The van der Waals surface area contributed by atoms with E-state index >= 15 is 0 Å². The first-order valence-electron chi connectivity index (χ1n) is 23.0. The number of H-pyrrole nitrogens is 1. The van der Waals surface area contributed by atoms with Gasteiger partial charge in [0.05, 0.1) is 28.4 Å². The van der Waals surface area contributed by atoms with Gasteiger partial charge in [-0.3, -0.25) is 53.5 Å². The average Bonchev–Trinajstić information content (AvgIpc) is 3.84. The lowest BCUT2D eigenvalue weighted by Crippen LogP contribution is -2.54. The fraction of sp³-hybridized carbons (Fsp3) is 0.429. The van der Waals surface area contributed by atoms with Gasteiger partial charge < -0.3 is 15.2 Å². The monoisotopic (exact) mass is 958 g/mol. The van der Waals surface area contributed by atoms with Crippen LogP contribution in [0.1, 0.15) is 112 Å². The minimum atomic E-state index is -1.00. The number of imide groups is 2. The Labute approximate surface area is 391 Å². The fourth-order valence-electron chi connectivity index (χ4n) is 10.1. The second kappa shape index (κ2) is 18.7. The summed E-state index contributed by atoms with van der Waals surface area (Å²) >= 11 is 3.53. The van der Waals surface area contributed by atoms with E-state index < -0.39 is 29.7 Å². The average molecular weight is 960 g/mol. The molecule has 1 atom stereocenters. The number of hydrogen-bond acceptors (Lipinski definition) is 11. The van der Waals surface area contributed by atoms with Crippen molar-refractivity contribution in [3.8, 4) is 11.1 Å². The molecule has 5 amide bonds. The number of aromatic nitrogens is 4. The van der Waals surface area contributed by atoms with Crippen LogP contribution in [0.4, 0.5) is 5.82 Å². The van der Waals surface area contributed by atoms with Gasteiger partial charge in [-0.05, 0) is 135 Å². The van der Waals surface area contributed by atoms with Gasteiger partial charge in [0.15, 0.2) is 0 Å². The summed E-state index contributed by atoms with van der Waals surface area (Å²) in [5.74, 6) is -1.41. The van der Waals surface area contributed by atoms with Crippen molar-refractivity contribution >= 4 is 62.2 Å². The number of carbonyl (C=O) groups excluding carboxylic acids is 5. The maximum atomic E-state index is 13.9. The number of carbonyl (C=O) groups is 5. The molecule has 17 heteroatoms. The maximum Gasteiger partial charge on any atom is 0.263 e. The van der Waals surface area contributed by atoms with Crippen LogP contribution in [0.2, 0.25) is 0 Å². The molecule has 7 heterocycles. The van der Waals surface area contributed by atoms with E-state index in [4.69, 9.17) is 4.98 Å². The number of hydrogen-bond donors (Lipinski definition) is 3. The summed E-state index contributed by atoms with van der Waals surface area (Å²) in [5.41, 5.74) is 6.70. The highest BCUT2D eigenvalue weighted by Gasteiger charge is 2.46. The predicted molar refractivity (Wildman–Crippen MR) is 253 cm³/mol. The molecule has 3 aromatic heterocycles. The molecule has 3 N–H and O–H groups in total. The summed E-state index contributed by atoms with van der Waals surface area (Å²) in [7, 11) is 0. The number of nitrogens with one attached hydrogen (secondary N) is 3. The first-order valence-corrected chi connectivity index (χ1v) is 23.8. The highest BCUT2D eigenvalue weighted by atomic mass is 79.9. The zero-order valence-corrected chi connectivity index (χ0v) is 39.4. The molecule has 3 fully saturated rings. The van der Waals surface area contributed by atoms with Crippen LogP contribution in [0.5, 0.6) is 0 Å². The number of fused-ring (bicyclic) bond motifs is 2. The minimum Gasteiger partial charge on any atom is -0.354 e. The van der Waals surface area contributed by atoms with Crippen molar-refractivity contribution in [1.29, 1.82) is 0 Å². The number of piperidine rings is 2. The molecular formula is C49H55BrN10O6. The Bertz CT molecular complexity index is 2800. The lowest BCUT2D eigenvalue weighted by molar-refractivity contribution is -0.136. The van der Waals surface area contributed by atoms with E-state index in [0.29, 0.717) is 28.2 Å². The molecule has 9 rings (SSSR count). The Hall–Kier alpha value is -6.04. The van der Waals surface area contributed by atoms with Gasteiger partial charge >= 0.3 is 0 Å². The van der Waals surface area contributed by atoms with Crippen molar-refractivity contribution < 1.29 is 24.0 Å². The van der Waals surface area contributed by atoms with Gasteiger partial charge in [0.2, 0.25) is 11.8 Å². The van der Waals surface area contributed by atoms with Crippen LogP contribution in [-0.2, 0) is 29.1 Å². The number of aromatic amines is 1. The predicted octanol–water partition coefficient (Wildman–Crippen LogP) is 5.51. The third-order valence-electron chi connectivity index (χ3n) is 13.5. The number of halogens is 1. The van der Waals surface area contributed by atoms with Crippen LogP contribution < -0.4 is 21.1 Å². The van der Waals surface area contributed by atoms with Crippen molar-refractivity contribution in [2.45, 2.75) is 97.4 Å². The molecule has 3 saturated heterocycles. The quantitative estimate of drug-likeness (QED) is 0.134. The molecule has 66 heavy (non-hydrogen) atoms. The SMILES string of the molecule is CCCc1cc(C)[nH]c(=O)c1CNC(=O)c1cc(-c2ccc(N3CCN(C4CCN(Cc5cc(Br)c6c(c5)C(=O)N(C5CCC(=O)NC5=O)C6=O)CC4)CC3)nc2)cc2c1cnn2C(C)C. The topological polar surface area (TPSA) is 186 Å². The lowest BCUT2D eigenvalue weighted by Gasteiger charge is -2.43. The molecule has 0 saturated carbocycles. The number of piperazine rings is 1. The summed E-state index contributed by atoms with van der Waals surface area (Å²) in [6.45, 7) is 14.2. The van der Waals surface area contributed by atoms with E-state index in [1.54, 1.807) is 12.3 Å². The Morgan fingerprint density at radius 2 is 1.68 bits per heavy atom. The number of amides is 5. The Kier molecular flexibility index (Phi) is 12.8. The Balaban J connectivity index is 0.810. The molecule has 4 aliphatic heterocycles. The zero-order valence-electron chi connectivity index (χ0n) is 37.8. The summed E-state index contributed by atoms with van der Waals surface area (Å²) < 4.78 is 2.45.